The lowest BCUT2D eigenvalue weighted by Gasteiger charge is -2.23. The predicted octanol–water partition coefficient (Wildman–Crippen LogP) is 3.30. The summed E-state index contributed by atoms with van der Waals surface area (Å²) >= 11 is 4.81. The Morgan fingerprint density at radius 3 is 2.96 bits per heavy atom. The third kappa shape index (κ3) is 3.78. The maximum absolute atomic E-state index is 12.7. The summed E-state index contributed by atoms with van der Waals surface area (Å²) in [6.07, 6.45) is 2.11. The Bertz CT molecular complexity index is 815. The minimum Gasteiger partial charge on any atom is -0.334 e. The number of thiophene rings is 2. The standard InChI is InChI=1S/C16H17N5OS3/c22-15(20-7-1-5-13(20)14-6-3-9-24-14)11-25-16-17-18-19-21(16)10-12-4-2-8-23-12/h2-4,6,8-9,13H,1,5,7,10-11H2. The molecule has 0 bridgehead atoms. The van der Waals surface area contributed by atoms with E-state index in [1.54, 1.807) is 27.4 Å². The van der Waals surface area contributed by atoms with Gasteiger partial charge in [-0.15, -0.1) is 27.8 Å². The van der Waals surface area contributed by atoms with Crippen LogP contribution in [0.5, 0.6) is 0 Å². The van der Waals surface area contributed by atoms with Crippen molar-refractivity contribution in [3.8, 4) is 0 Å². The van der Waals surface area contributed by atoms with Crippen LogP contribution in [0.25, 0.3) is 0 Å². The van der Waals surface area contributed by atoms with E-state index < -0.39 is 0 Å². The molecule has 0 spiro atoms. The first kappa shape index (κ1) is 16.7. The van der Waals surface area contributed by atoms with Crippen molar-refractivity contribution in [3.63, 3.8) is 0 Å². The first-order chi connectivity index (χ1) is 12.3. The van der Waals surface area contributed by atoms with Gasteiger partial charge in [-0.25, -0.2) is 4.68 Å². The highest BCUT2D eigenvalue weighted by Crippen LogP contribution is 2.35. The van der Waals surface area contributed by atoms with Crippen LogP contribution in [0.15, 0.2) is 40.2 Å². The van der Waals surface area contributed by atoms with Gasteiger partial charge in [-0.05, 0) is 46.2 Å². The lowest BCUT2D eigenvalue weighted by Crippen LogP contribution is -2.31. The van der Waals surface area contributed by atoms with Crippen LogP contribution in [0.1, 0.15) is 28.6 Å². The average molecular weight is 392 g/mol. The molecule has 9 heteroatoms. The summed E-state index contributed by atoms with van der Waals surface area (Å²) in [6, 6.07) is 8.47. The minimum atomic E-state index is 0.159. The predicted molar refractivity (Wildman–Crippen MR) is 100.0 cm³/mol. The number of aromatic nitrogens is 4. The number of rotatable bonds is 6. The quantitative estimate of drug-likeness (QED) is 0.603. The van der Waals surface area contributed by atoms with Crippen molar-refractivity contribution in [1.29, 1.82) is 0 Å². The number of tetrazole rings is 1. The lowest BCUT2D eigenvalue weighted by atomic mass is 10.2. The van der Waals surface area contributed by atoms with Gasteiger partial charge in [0.25, 0.3) is 0 Å². The molecule has 0 radical (unpaired) electrons. The fourth-order valence-corrected chi connectivity index (χ4v) is 5.32. The van der Waals surface area contributed by atoms with Crippen LogP contribution < -0.4 is 0 Å². The Hall–Kier alpha value is -1.71. The highest BCUT2D eigenvalue weighted by Gasteiger charge is 2.30. The molecule has 1 saturated heterocycles. The van der Waals surface area contributed by atoms with Gasteiger partial charge in [0, 0.05) is 16.3 Å². The normalized spacial score (nSPS) is 17.3. The topological polar surface area (TPSA) is 63.9 Å². The highest BCUT2D eigenvalue weighted by atomic mass is 32.2. The maximum Gasteiger partial charge on any atom is 0.233 e. The molecule has 3 aromatic heterocycles. The number of thioether (sulfide) groups is 1. The summed E-state index contributed by atoms with van der Waals surface area (Å²) < 4.78 is 1.75. The average Bonchev–Trinajstić information content (AvgIpc) is 3.39. The Morgan fingerprint density at radius 2 is 2.16 bits per heavy atom. The number of carbonyl (C=O) groups is 1. The lowest BCUT2D eigenvalue weighted by molar-refractivity contribution is -0.129. The molecule has 1 fully saturated rings. The van der Waals surface area contributed by atoms with E-state index in [4.69, 9.17) is 0 Å². The molecule has 0 aromatic carbocycles. The minimum absolute atomic E-state index is 0.159. The summed E-state index contributed by atoms with van der Waals surface area (Å²) in [5.41, 5.74) is 0. The molecule has 3 aromatic rings. The largest absolute Gasteiger partial charge is 0.334 e. The monoisotopic (exact) mass is 391 g/mol. The number of hydrogen-bond donors (Lipinski definition) is 0. The molecule has 0 saturated carbocycles. The number of carbonyl (C=O) groups excluding carboxylic acids is 1. The Morgan fingerprint density at radius 1 is 1.28 bits per heavy atom. The van der Waals surface area contributed by atoms with Gasteiger partial charge in [0.15, 0.2) is 0 Å². The zero-order valence-corrected chi connectivity index (χ0v) is 15.9. The van der Waals surface area contributed by atoms with E-state index in [0.717, 1.165) is 19.4 Å². The van der Waals surface area contributed by atoms with Crippen LogP contribution in [-0.4, -0.2) is 43.3 Å². The van der Waals surface area contributed by atoms with E-state index in [1.165, 1.54) is 21.5 Å². The fraction of sp³-hybridized carbons (Fsp3) is 0.375. The molecular weight excluding hydrogens is 374 g/mol. The molecule has 25 heavy (non-hydrogen) atoms. The van der Waals surface area contributed by atoms with Crippen molar-refractivity contribution < 1.29 is 4.79 Å². The number of amides is 1. The Balaban J connectivity index is 1.38. The zero-order chi connectivity index (χ0) is 17.1. The molecule has 1 aliphatic rings. The SMILES string of the molecule is O=C(CSc1nnnn1Cc1cccs1)N1CCCC1c1cccs1. The van der Waals surface area contributed by atoms with Crippen molar-refractivity contribution in [2.45, 2.75) is 30.6 Å². The van der Waals surface area contributed by atoms with Crippen LogP contribution >= 0.6 is 34.4 Å². The van der Waals surface area contributed by atoms with E-state index in [1.807, 2.05) is 16.3 Å². The molecule has 0 N–H and O–H groups in total. The first-order valence-electron chi connectivity index (χ1n) is 8.05. The first-order valence-corrected chi connectivity index (χ1v) is 10.8. The Labute approximate surface area is 157 Å². The second-order valence-corrected chi connectivity index (χ2v) is 8.70. The summed E-state index contributed by atoms with van der Waals surface area (Å²) in [7, 11) is 0. The molecule has 6 nitrogen and oxygen atoms in total. The van der Waals surface area contributed by atoms with Crippen molar-refractivity contribution in [3.05, 3.63) is 44.8 Å². The Kier molecular flexibility index (Phi) is 5.14. The third-order valence-corrected chi connectivity index (χ3v) is 6.93. The van der Waals surface area contributed by atoms with Crippen molar-refractivity contribution in [2.24, 2.45) is 0 Å². The van der Waals surface area contributed by atoms with E-state index in [9.17, 15) is 4.79 Å². The number of likely N-dealkylation sites (tertiary alicyclic amines) is 1. The van der Waals surface area contributed by atoms with Crippen LogP contribution in [-0.2, 0) is 11.3 Å². The van der Waals surface area contributed by atoms with Gasteiger partial charge >= 0.3 is 0 Å². The van der Waals surface area contributed by atoms with Gasteiger partial charge in [0.05, 0.1) is 18.3 Å². The van der Waals surface area contributed by atoms with Gasteiger partial charge in [0.1, 0.15) is 0 Å². The summed E-state index contributed by atoms with van der Waals surface area (Å²) in [4.78, 5) is 17.2. The summed E-state index contributed by atoms with van der Waals surface area (Å²) in [5.74, 6) is 0.527. The third-order valence-electron chi connectivity index (χ3n) is 4.15. The van der Waals surface area contributed by atoms with Crippen LogP contribution in [0.3, 0.4) is 0 Å². The van der Waals surface area contributed by atoms with Crippen LogP contribution in [0.4, 0.5) is 0 Å². The van der Waals surface area contributed by atoms with Crippen LogP contribution in [0, 0.1) is 0 Å². The zero-order valence-electron chi connectivity index (χ0n) is 13.4. The van der Waals surface area contributed by atoms with Gasteiger partial charge in [-0.1, -0.05) is 23.9 Å². The second kappa shape index (κ2) is 7.67. The number of hydrogen-bond acceptors (Lipinski definition) is 7. The molecule has 4 rings (SSSR count). The van der Waals surface area contributed by atoms with Gasteiger partial charge < -0.3 is 4.90 Å². The molecular formula is C16H17N5OS3. The summed E-state index contributed by atoms with van der Waals surface area (Å²) in [6.45, 7) is 1.48. The molecule has 0 aliphatic carbocycles. The smallest absolute Gasteiger partial charge is 0.233 e. The molecule has 1 unspecified atom stereocenters. The van der Waals surface area contributed by atoms with Crippen molar-refractivity contribution in [1.82, 2.24) is 25.1 Å². The molecule has 130 valence electrons. The van der Waals surface area contributed by atoms with E-state index in [2.05, 4.69) is 39.1 Å². The molecule has 1 aliphatic heterocycles. The van der Waals surface area contributed by atoms with Gasteiger partial charge in [0.2, 0.25) is 11.1 Å². The van der Waals surface area contributed by atoms with E-state index >= 15 is 0 Å². The van der Waals surface area contributed by atoms with Gasteiger partial charge in [-0.2, -0.15) is 0 Å². The second-order valence-electron chi connectivity index (χ2n) is 5.75. The van der Waals surface area contributed by atoms with Gasteiger partial charge in [-0.3, -0.25) is 4.79 Å². The van der Waals surface area contributed by atoms with E-state index in [0.29, 0.717) is 17.5 Å². The van der Waals surface area contributed by atoms with E-state index in [-0.39, 0.29) is 11.9 Å². The number of nitrogens with zero attached hydrogens (tertiary/aromatic N) is 5. The fourth-order valence-electron chi connectivity index (χ4n) is 3.00. The summed E-state index contributed by atoms with van der Waals surface area (Å²) in [5, 5.41) is 16.7. The molecule has 4 heterocycles. The highest BCUT2D eigenvalue weighted by molar-refractivity contribution is 7.99. The van der Waals surface area contributed by atoms with Crippen molar-refractivity contribution in [2.75, 3.05) is 12.3 Å². The van der Waals surface area contributed by atoms with Crippen molar-refractivity contribution >= 4 is 40.3 Å². The maximum atomic E-state index is 12.7. The van der Waals surface area contributed by atoms with Crippen LogP contribution in [0.2, 0.25) is 0 Å². The molecule has 1 amide bonds. The molecule has 1 atom stereocenters.